The fourth-order valence-corrected chi connectivity index (χ4v) is 2.83. The van der Waals surface area contributed by atoms with Gasteiger partial charge in [-0.3, -0.25) is 0 Å². The molecule has 1 N–H and O–H groups in total. The number of rotatable bonds is 5. The van der Waals surface area contributed by atoms with Gasteiger partial charge >= 0.3 is 5.97 Å². The van der Waals surface area contributed by atoms with Crippen molar-refractivity contribution in [3.63, 3.8) is 0 Å². The predicted octanol–water partition coefficient (Wildman–Crippen LogP) is 2.52. The first-order valence-corrected chi connectivity index (χ1v) is 7.80. The highest BCUT2D eigenvalue weighted by molar-refractivity contribution is 5.85. The van der Waals surface area contributed by atoms with Crippen molar-refractivity contribution in [3.05, 3.63) is 30.0 Å². The lowest BCUT2D eigenvalue weighted by molar-refractivity contribution is 0.0652. The molecule has 2 aromatic rings. The molecule has 0 radical (unpaired) electrons. The number of carbonyl (C=O) groups is 1. The van der Waals surface area contributed by atoms with Crippen molar-refractivity contribution in [1.82, 2.24) is 10.1 Å². The number of hydrogen-bond donors (Lipinski definition) is 1. The molecule has 7 heteroatoms. The van der Waals surface area contributed by atoms with Crippen LogP contribution < -0.4 is 9.47 Å². The van der Waals surface area contributed by atoms with Gasteiger partial charge in [0, 0.05) is 18.2 Å². The summed E-state index contributed by atoms with van der Waals surface area (Å²) in [5.74, 6) is -0.0965. The molecule has 1 atom stereocenters. The number of aromatic nitrogens is 1. The SMILES string of the molecule is COc1cc(-c2cc(C(=O)O)on2)ccc1OC1CCCN(C)C1. The third kappa shape index (κ3) is 3.51. The smallest absolute Gasteiger partial charge is 0.374 e. The van der Waals surface area contributed by atoms with E-state index in [-0.39, 0.29) is 11.9 Å². The second kappa shape index (κ2) is 6.92. The van der Waals surface area contributed by atoms with Crippen LogP contribution in [0.15, 0.2) is 28.8 Å². The Labute approximate surface area is 139 Å². The number of piperidine rings is 1. The highest BCUT2D eigenvalue weighted by Crippen LogP contribution is 2.33. The van der Waals surface area contributed by atoms with Crippen LogP contribution in [-0.4, -0.2) is 54.5 Å². The van der Waals surface area contributed by atoms with E-state index in [1.54, 1.807) is 13.2 Å². The molecule has 3 rings (SSSR count). The number of ether oxygens (including phenoxy) is 2. The number of carboxylic acid groups (broad SMARTS) is 1. The van der Waals surface area contributed by atoms with Gasteiger partial charge in [0.25, 0.3) is 0 Å². The van der Waals surface area contributed by atoms with Crippen molar-refractivity contribution in [2.75, 3.05) is 27.2 Å². The maximum atomic E-state index is 10.9. The average Bonchev–Trinajstić information content (AvgIpc) is 3.05. The third-order valence-electron chi connectivity index (χ3n) is 4.06. The van der Waals surface area contributed by atoms with E-state index in [0.717, 1.165) is 25.9 Å². The molecule has 1 aromatic carbocycles. The number of aromatic carboxylic acids is 1. The summed E-state index contributed by atoms with van der Waals surface area (Å²) >= 11 is 0. The molecule has 1 unspecified atom stereocenters. The minimum Gasteiger partial charge on any atom is -0.493 e. The van der Waals surface area contributed by atoms with Crippen LogP contribution in [0.1, 0.15) is 23.4 Å². The molecule has 0 aliphatic carbocycles. The van der Waals surface area contributed by atoms with Gasteiger partial charge in [-0.1, -0.05) is 5.16 Å². The van der Waals surface area contributed by atoms with Gasteiger partial charge in [0.05, 0.1) is 7.11 Å². The molecule has 2 heterocycles. The largest absolute Gasteiger partial charge is 0.493 e. The number of hydrogen-bond acceptors (Lipinski definition) is 6. The van der Waals surface area contributed by atoms with E-state index in [9.17, 15) is 4.79 Å². The highest BCUT2D eigenvalue weighted by Gasteiger charge is 2.21. The Morgan fingerprint density at radius 2 is 2.21 bits per heavy atom. The molecule has 1 aliphatic heterocycles. The number of methoxy groups -OCH3 is 1. The van der Waals surface area contributed by atoms with Crippen LogP contribution in [0.3, 0.4) is 0 Å². The molecule has 0 amide bonds. The summed E-state index contributed by atoms with van der Waals surface area (Å²) in [6.45, 7) is 1.98. The second-order valence-electron chi connectivity index (χ2n) is 5.89. The molecule has 24 heavy (non-hydrogen) atoms. The lowest BCUT2D eigenvalue weighted by atomic mass is 10.1. The zero-order chi connectivity index (χ0) is 17.1. The fraction of sp³-hybridized carbons (Fsp3) is 0.412. The average molecular weight is 332 g/mol. The Morgan fingerprint density at radius 1 is 1.38 bits per heavy atom. The molecule has 1 aromatic heterocycles. The van der Waals surface area contributed by atoms with Crippen LogP contribution >= 0.6 is 0 Å². The quantitative estimate of drug-likeness (QED) is 0.900. The number of likely N-dealkylation sites (N-methyl/N-ethyl adjacent to an activating group) is 1. The molecule has 1 saturated heterocycles. The summed E-state index contributed by atoms with van der Waals surface area (Å²) in [5.41, 5.74) is 1.14. The zero-order valence-electron chi connectivity index (χ0n) is 13.7. The van der Waals surface area contributed by atoms with Crippen molar-refractivity contribution in [2.24, 2.45) is 0 Å². The molecule has 0 spiro atoms. The van der Waals surface area contributed by atoms with Gasteiger partial charge in [-0.15, -0.1) is 0 Å². The number of carboxylic acids is 1. The first-order valence-electron chi connectivity index (χ1n) is 7.80. The summed E-state index contributed by atoms with van der Waals surface area (Å²) in [6.07, 6.45) is 2.26. The molecule has 7 nitrogen and oxygen atoms in total. The van der Waals surface area contributed by atoms with Gasteiger partial charge < -0.3 is 24.0 Å². The molecular weight excluding hydrogens is 312 g/mol. The Morgan fingerprint density at radius 3 is 2.88 bits per heavy atom. The fourth-order valence-electron chi connectivity index (χ4n) is 2.83. The maximum Gasteiger partial charge on any atom is 0.374 e. The van der Waals surface area contributed by atoms with Gasteiger partial charge in [-0.25, -0.2) is 4.79 Å². The minimum absolute atomic E-state index is 0.133. The molecular formula is C17H20N2O5. The second-order valence-corrected chi connectivity index (χ2v) is 5.89. The normalized spacial score (nSPS) is 18.3. The standard InChI is InChI=1S/C17H20N2O5/c1-19-7-3-4-12(10-19)23-14-6-5-11(8-15(14)22-2)13-9-16(17(20)21)24-18-13/h5-6,8-9,12H,3-4,7,10H2,1-2H3,(H,20,21). The van der Waals surface area contributed by atoms with E-state index in [0.29, 0.717) is 22.8 Å². The summed E-state index contributed by atoms with van der Waals surface area (Å²) in [5, 5.41) is 12.7. The van der Waals surface area contributed by atoms with Gasteiger partial charge in [0.1, 0.15) is 11.8 Å². The van der Waals surface area contributed by atoms with E-state index in [4.69, 9.17) is 19.1 Å². The monoisotopic (exact) mass is 332 g/mol. The molecule has 0 saturated carbocycles. The van der Waals surface area contributed by atoms with E-state index in [1.165, 1.54) is 6.07 Å². The lowest BCUT2D eigenvalue weighted by Gasteiger charge is -2.30. The first-order chi connectivity index (χ1) is 11.6. The van der Waals surface area contributed by atoms with Crippen molar-refractivity contribution in [1.29, 1.82) is 0 Å². The van der Waals surface area contributed by atoms with Crippen LogP contribution in [0.5, 0.6) is 11.5 Å². The number of benzene rings is 1. The minimum atomic E-state index is -1.15. The van der Waals surface area contributed by atoms with Crippen molar-refractivity contribution in [3.8, 4) is 22.8 Å². The van der Waals surface area contributed by atoms with Crippen LogP contribution in [0.2, 0.25) is 0 Å². The zero-order valence-corrected chi connectivity index (χ0v) is 13.7. The third-order valence-corrected chi connectivity index (χ3v) is 4.06. The topological polar surface area (TPSA) is 85.0 Å². The highest BCUT2D eigenvalue weighted by atomic mass is 16.5. The number of likely N-dealkylation sites (tertiary alicyclic amines) is 1. The summed E-state index contributed by atoms with van der Waals surface area (Å²) in [6, 6.07) is 6.78. The van der Waals surface area contributed by atoms with Crippen LogP contribution in [0, 0.1) is 0 Å². The van der Waals surface area contributed by atoms with Gasteiger partial charge in [-0.05, 0) is 44.6 Å². The van der Waals surface area contributed by atoms with E-state index in [2.05, 4.69) is 17.1 Å². The Bertz CT molecular complexity index is 728. The lowest BCUT2D eigenvalue weighted by Crippen LogP contribution is -2.38. The number of nitrogens with zero attached hydrogens (tertiary/aromatic N) is 2. The molecule has 0 bridgehead atoms. The van der Waals surface area contributed by atoms with Crippen molar-refractivity contribution in [2.45, 2.75) is 18.9 Å². The van der Waals surface area contributed by atoms with Crippen molar-refractivity contribution < 1.29 is 23.9 Å². The van der Waals surface area contributed by atoms with Crippen LogP contribution in [0.4, 0.5) is 0 Å². The Hall–Kier alpha value is -2.54. The van der Waals surface area contributed by atoms with E-state index < -0.39 is 5.97 Å². The molecule has 128 valence electrons. The summed E-state index contributed by atoms with van der Waals surface area (Å²) in [7, 11) is 3.66. The van der Waals surface area contributed by atoms with Gasteiger partial charge in [0.15, 0.2) is 11.5 Å². The van der Waals surface area contributed by atoms with Crippen molar-refractivity contribution >= 4 is 5.97 Å². The van der Waals surface area contributed by atoms with Gasteiger partial charge in [-0.2, -0.15) is 0 Å². The predicted molar refractivity (Wildman–Crippen MR) is 86.6 cm³/mol. The van der Waals surface area contributed by atoms with Crippen LogP contribution in [0.25, 0.3) is 11.3 Å². The van der Waals surface area contributed by atoms with Gasteiger partial charge in [0.2, 0.25) is 5.76 Å². The summed E-state index contributed by atoms with van der Waals surface area (Å²) < 4.78 is 16.3. The Balaban J connectivity index is 1.80. The van der Waals surface area contributed by atoms with E-state index in [1.807, 2.05) is 12.1 Å². The van der Waals surface area contributed by atoms with E-state index >= 15 is 0 Å². The summed E-state index contributed by atoms with van der Waals surface area (Å²) in [4.78, 5) is 13.1. The first kappa shape index (κ1) is 16.3. The molecule has 1 fully saturated rings. The Kier molecular flexibility index (Phi) is 4.71. The maximum absolute atomic E-state index is 10.9. The molecule has 1 aliphatic rings. The van der Waals surface area contributed by atoms with Crippen LogP contribution in [-0.2, 0) is 0 Å².